The van der Waals surface area contributed by atoms with Gasteiger partial charge in [0, 0.05) is 10.6 Å². The van der Waals surface area contributed by atoms with Gasteiger partial charge in [-0.05, 0) is 43.7 Å². The van der Waals surface area contributed by atoms with Crippen LogP contribution in [0.5, 0.6) is 5.75 Å². The van der Waals surface area contributed by atoms with Crippen molar-refractivity contribution in [3.63, 3.8) is 0 Å². The SMILES string of the molecule is C#CCOc1ccc([C@@H](C[N+](=O)[O-])Sc2nnc(C)n2-c2ccc(C)cc2)cc1Cl. The van der Waals surface area contributed by atoms with Gasteiger partial charge in [-0.3, -0.25) is 14.7 Å². The lowest BCUT2D eigenvalue weighted by molar-refractivity contribution is -0.479. The summed E-state index contributed by atoms with van der Waals surface area (Å²) < 4.78 is 7.25. The molecule has 1 atom stereocenters. The van der Waals surface area contributed by atoms with Crippen LogP contribution in [0.4, 0.5) is 0 Å². The molecule has 1 heterocycles. The summed E-state index contributed by atoms with van der Waals surface area (Å²) in [6, 6.07) is 13.0. The molecule has 0 aliphatic rings. The van der Waals surface area contributed by atoms with Crippen LogP contribution in [0.2, 0.25) is 5.02 Å². The number of benzene rings is 2. The Bertz CT molecular complexity index is 1090. The van der Waals surface area contributed by atoms with Crippen LogP contribution >= 0.6 is 23.4 Å². The van der Waals surface area contributed by atoms with Crippen molar-refractivity contribution in [2.24, 2.45) is 0 Å². The highest BCUT2D eigenvalue weighted by molar-refractivity contribution is 7.99. The lowest BCUT2D eigenvalue weighted by Crippen LogP contribution is -2.11. The number of nitrogens with zero attached hydrogens (tertiary/aromatic N) is 4. The Morgan fingerprint density at radius 2 is 2.00 bits per heavy atom. The van der Waals surface area contributed by atoms with Crippen LogP contribution in [-0.4, -0.2) is 32.8 Å². The zero-order chi connectivity index (χ0) is 21.7. The van der Waals surface area contributed by atoms with Crippen LogP contribution in [0.25, 0.3) is 5.69 Å². The average molecular weight is 443 g/mol. The third kappa shape index (κ3) is 5.12. The normalized spacial score (nSPS) is 11.7. The van der Waals surface area contributed by atoms with E-state index in [1.807, 2.05) is 42.7 Å². The van der Waals surface area contributed by atoms with Gasteiger partial charge in [0.05, 0.1) is 5.02 Å². The number of halogens is 1. The number of aryl methyl sites for hydroxylation is 2. The van der Waals surface area contributed by atoms with E-state index in [1.165, 1.54) is 11.8 Å². The Balaban J connectivity index is 1.93. The van der Waals surface area contributed by atoms with E-state index in [9.17, 15) is 10.1 Å². The fourth-order valence-electron chi connectivity index (χ4n) is 2.84. The quantitative estimate of drug-likeness (QED) is 0.218. The number of thioether (sulfide) groups is 1. The summed E-state index contributed by atoms with van der Waals surface area (Å²) in [4.78, 5) is 11.0. The molecule has 0 spiro atoms. The van der Waals surface area contributed by atoms with Crippen molar-refractivity contribution in [2.45, 2.75) is 24.3 Å². The van der Waals surface area contributed by atoms with Gasteiger partial charge in [0.1, 0.15) is 23.4 Å². The van der Waals surface area contributed by atoms with Gasteiger partial charge in [-0.2, -0.15) is 0 Å². The standard InChI is InChI=1S/C21H19ClN4O3S/c1-4-11-29-19-10-7-16(12-18(19)22)20(13-25(27)28)30-21-24-23-15(3)26(21)17-8-5-14(2)6-9-17/h1,5-10,12,20H,11,13H2,2-3H3/t20-/m1/s1. The summed E-state index contributed by atoms with van der Waals surface area (Å²) in [7, 11) is 0. The summed E-state index contributed by atoms with van der Waals surface area (Å²) in [5, 5.41) is 20.1. The fraction of sp³-hybridized carbons (Fsp3) is 0.238. The topological polar surface area (TPSA) is 83.1 Å². The minimum Gasteiger partial charge on any atom is -0.479 e. The molecule has 30 heavy (non-hydrogen) atoms. The first kappa shape index (κ1) is 21.7. The van der Waals surface area contributed by atoms with Crippen LogP contribution in [0, 0.1) is 36.3 Å². The summed E-state index contributed by atoms with van der Waals surface area (Å²) >= 11 is 7.55. The lowest BCUT2D eigenvalue weighted by atomic mass is 10.1. The van der Waals surface area contributed by atoms with Gasteiger partial charge < -0.3 is 4.74 Å². The van der Waals surface area contributed by atoms with Crippen molar-refractivity contribution in [3.8, 4) is 23.8 Å². The van der Waals surface area contributed by atoms with Crippen molar-refractivity contribution in [2.75, 3.05) is 13.2 Å². The Morgan fingerprint density at radius 3 is 2.63 bits per heavy atom. The van der Waals surface area contributed by atoms with Gasteiger partial charge in [0.2, 0.25) is 6.54 Å². The number of hydrogen-bond acceptors (Lipinski definition) is 6. The smallest absolute Gasteiger partial charge is 0.220 e. The molecular weight excluding hydrogens is 424 g/mol. The maximum absolute atomic E-state index is 11.3. The van der Waals surface area contributed by atoms with Gasteiger partial charge in [-0.25, -0.2) is 0 Å². The van der Waals surface area contributed by atoms with Gasteiger partial charge >= 0.3 is 0 Å². The highest BCUT2D eigenvalue weighted by atomic mass is 35.5. The molecule has 154 valence electrons. The molecule has 0 fully saturated rings. The van der Waals surface area contributed by atoms with Crippen molar-refractivity contribution in [3.05, 3.63) is 74.6 Å². The van der Waals surface area contributed by atoms with E-state index in [4.69, 9.17) is 22.8 Å². The van der Waals surface area contributed by atoms with Crippen molar-refractivity contribution in [1.82, 2.24) is 14.8 Å². The van der Waals surface area contributed by atoms with Crippen molar-refractivity contribution < 1.29 is 9.66 Å². The molecular formula is C21H19ClN4O3S. The third-order valence-electron chi connectivity index (χ3n) is 4.29. The van der Waals surface area contributed by atoms with Gasteiger partial charge in [0.25, 0.3) is 0 Å². The number of ether oxygens (including phenoxy) is 1. The monoisotopic (exact) mass is 442 g/mol. The van der Waals surface area contributed by atoms with Crippen molar-refractivity contribution >= 4 is 23.4 Å². The molecule has 0 N–H and O–H groups in total. The average Bonchev–Trinajstić information content (AvgIpc) is 3.07. The van der Waals surface area contributed by atoms with Crippen LogP contribution in [0.3, 0.4) is 0 Å². The third-order valence-corrected chi connectivity index (χ3v) is 5.76. The first-order valence-electron chi connectivity index (χ1n) is 9.02. The zero-order valence-corrected chi connectivity index (χ0v) is 18.0. The van der Waals surface area contributed by atoms with E-state index < -0.39 is 5.25 Å². The summed E-state index contributed by atoms with van der Waals surface area (Å²) in [5.74, 6) is 3.50. The number of rotatable bonds is 8. The van der Waals surface area contributed by atoms with E-state index in [0.29, 0.717) is 27.3 Å². The lowest BCUT2D eigenvalue weighted by Gasteiger charge is -2.15. The second kappa shape index (κ2) is 9.65. The summed E-state index contributed by atoms with van der Waals surface area (Å²) in [5.41, 5.74) is 2.71. The Morgan fingerprint density at radius 1 is 1.27 bits per heavy atom. The maximum Gasteiger partial charge on any atom is 0.220 e. The number of hydrogen-bond donors (Lipinski definition) is 0. The second-order valence-corrected chi connectivity index (χ2v) is 8.08. The van der Waals surface area contributed by atoms with Crippen LogP contribution < -0.4 is 4.74 Å². The first-order valence-corrected chi connectivity index (χ1v) is 10.3. The molecule has 0 aliphatic heterocycles. The highest BCUT2D eigenvalue weighted by Gasteiger charge is 2.24. The Labute approximate surface area is 183 Å². The van der Waals surface area contributed by atoms with Gasteiger partial charge in [-0.15, -0.1) is 16.6 Å². The van der Waals surface area contributed by atoms with E-state index >= 15 is 0 Å². The number of aromatic nitrogens is 3. The molecule has 1 aromatic heterocycles. The number of terminal acetylenes is 1. The van der Waals surface area contributed by atoms with Gasteiger partial charge in [-0.1, -0.05) is 53.0 Å². The fourth-order valence-corrected chi connectivity index (χ4v) is 4.25. The van der Waals surface area contributed by atoms with Crippen molar-refractivity contribution in [1.29, 1.82) is 0 Å². The summed E-state index contributed by atoms with van der Waals surface area (Å²) in [6.45, 7) is 3.64. The molecule has 0 amide bonds. The highest BCUT2D eigenvalue weighted by Crippen LogP contribution is 2.38. The Hall–Kier alpha value is -3.02. The molecule has 0 aliphatic carbocycles. The molecule has 0 bridgehead atoms. The van der Waals surface area contributed by atoms with E-state index in [0.717, 1.165) is 11.3 Å². The predicted octanol–water partition coefficient (Wildman–Crippen LogP) is 4.66. The molecule has 0 unspecified atom stereocenters. The molecule has 7 nitrogen and oxygen atoms in total. The molecule has 0 radical (unpaired) electrons. The maximum atomic E-state index is 11.3. The first-order chi connectivity index (χ1) is 14.4. The molecule has 0 saturated carbocycles. The largest absolute Gasteiger partial charge is 0.479 e. The van der Waals surface area contributed by atoms with Gasteiger partial charge in [0.15, 0.2) is 5.16 Å². The molecule has 3 aromatic rings. The second-order valence-electron chi connectivity index (χ2n) is 6.51. The van der Waals surface area contributed by atoms with Crippen LogP contribution in [0.15, 0.2) is 47.6 Å². The van der Waals surface area contributed by atoms with E-state index in [2.05, 4.69) is 16.1 Å². The number of nitro groups is 1. The molecule has 3 rings (SSSR count). The van der Waals surface area contributed by atoms with E-state index in [-0.39, 0.29) is 18.1 Å². The summed E-state index contributed by atoms with van der Waals surface area (Å²) in [6.07, 6.45) is 5.21. The molecule has 2 aromatic carbocycles. The zero-order valence-electron chi connectivity index (χ0n) is 16.4. The van der Waals surface area contributed by atoms with E-state index in [1.54, 1.807) is 18.2 Å². The Kier molecular flexibility index (Phi) is 6.98. The molecule has 9 heteroatoms. The van der Waals surface area contributed by atoms with Crippen LogP contribution in [-0.2, 0) is 0 Å². The van der Waals surface area contributed by atoms with Crippen LogP contribution in [0.1, 0.15) is 22.2 Å². The minimum absolute atomic E-state index is 0.0884. The molecule has 0 saturated heterocycles. The minimum atomic E-state index is -0.521. The predicted molar refractivity (Wildman–Crippen MR) is 117 cm³/mol.